The van der Waals surface area contributed by atoms with Gasteiger partial charge < -0.3 is 9.67 Å². The molecule has 0 radical (unpaired) electrons. The first kappa shape index (κ1) is 18.3. The summed E-state index contributed by atoms with van der Waals surface area (Å²) in [6.07, 6.45) is -4.43. The number of hydrogen-bond donors (Lipinski definition) is 1. The fraction of sp³-hybridized carbons (Fsp3) is 0.130. The van der Waals surface area contributed by atoms with Gasteiger partial charge in [-0.2, -0.15) is 13.2 Å². The lowest BCUT2D eigenvalue weighted by atomic mass is 10.0. The predicted molar refractivity (Wildman–Crippen MR) is 104 cm³/mol. The Morgan fingerprint density at radius 3 is 2.07 bits per heavy atom. The fourth-order valence-corrected chi connectivity index (χ4v) is 3.62. The molecule has 0 bridgehead atoms. The number of alkyl halides is 3. The van der Waals surface area contributed by atoms with Gasteiger partial charge in [-0.05, 0) is 29.3 Å². The van der Waals surface area contributed by atoms with Crippen LogP contribution in [0.2, 0.25) is 0 Å². The molecule has 1 aromatic heterocycles. The fourth-order valence-electron chi connectivity index (χ4n) is 3.62. The Kier molecular flexibility index (Phi) is 4.69. The summed E-state index contributed by atoms with van der Waals surface area (Å²) in [6.45, 7) is 0.193. The summed E-state index contributed by atoms with van der Waals surface area (Å²) in [6, 6.07) is 22.7. The molecule has 0 aliphatic rings. The van der Waals surface area contributed by atoms with E-state index in [1.807, 2.05) is 65.2 Å². The Morgan fingerprint density at radius 1 is 0.821 bits per heavy atom. The van der Waals surface area contributed by atoms with Crippen LogP contribution in [0, 0.1) is 0 Å². The van der Waals surface area contributed by atoms with Crippen molar-refractivity contribution in [3.05, 3.63) is 95.7 Å². The van der Waals surface area contributed by atoms with Gasteiger partial charge >= 0.3 is 6.18 Å². The van der Waals surface area contributed by atoms with Crippen molar-refractivity contribution in [3.8, 4) is 11.1 Å². The maximum atomic E-state index is 13.3. The quantitative estimate of drug-likeness (QED) is 0.470. The molecule has 0 saturated carbocycles. The molecule has 1 N–H and O–H groups in total. The minimum Gasteiger partial charge on any atom is -0.390 e. The first-order valence-electron chi connectivity index (χ1n) is 8.91. The van der Waals surface area contributed by atoms with E-state index in [0.717, 1.165) is 17.2 Å². The molecule has 4 aromatic rings. The van der Waals surface area contributed by atoms with Crippen LogP contribution in [0.4, 0.5) is 13.2 Å². The second-order valence-corrected chi connectivity index (χ2v) is 6.65. The third kappa shape index (κ3) is 3.29. The molecule has 2 nitrogen and oxygen atoms in total. The molecule has 0 aliphatic heterocycles. The molecular formula is C23H18F3NO. The van der Waals surface area contributed by atoms with Crippen molar-refractivity contribution in [2.45, 2.75) is 19.3 Å². The number of benzene rings is 3. The Labute approximate surface area is 160 Å². The van der Waals surface area contributed by atoms with E-state index in [-0.39, 0.29) is 6.61 Å². The van der Waals surface area contributed by atoms with E-state index in [1.54, 1.807) is 0 Å². The van der Waals surface area contributed by atoms with E-state index in [2.05, 4.69) is 0 Å². The number of aliphatic hydroxyl groups is 1. The first-order chi connectivity index (χ1) is 13.5. The molecule has 28 heavy (non-hydrogen) atoms. The average molecular weight is 381 g/mol. The largest absolute Gasteiger partial charge is 0.416 e. The smallest absolute Gasteiger partial charge is 0.390 e. The molecule has 0 atom stereocenters. The van der Waals surface area contributed by atoms with Crippen molar-refractivity contribution in [1.82, 2.24) is 4.57 Å². The standard InChI is InChI=1S/C23H18F3NO/c24-23(25,26)18-11-12-20-19(13-18)22(17-9-5-2-6-10-17)21(15-28)27(20)14-16-7-3-1-4-8-16/h1-13,28H,14-15H2. The van der Waals surface area contributed by atoms with E-state index in [0.29, 0.717) is 28.7 Å². The summed E-state index contributed by atoms with van der Waals surface area (Å²) in [5, 5.41) is 10.6. The number of fused-ring (bicyclic) bond motifs is 1. The number of hydrogen-bond acceptors (Lipinski definition) is 1. The van der Waals surface area contributed by atoms with Crippen molar-refractivity contribution in [1.29, 1.82) is 0 Å². The lowest BCUT2D eigenvalue weighted by Gasteiger charge is -2.11. The average Bonchev–Trinajstić information content (AvgIpc) is 3.01. The summed E-state index contributed by atoms with van der Waals surface area (Å²) in [5.41, 5.74) is 3.00. The normalized spacial score (nSPS) is 11.9. The van der Waals surface area contributed by atoms with Gasteiger partial charge in [0.15, 0.2) is 0 Å². The van der Waals surface area contributed by atoms with E-state index < -0.39 is 11.7 Å². The highest BCUT2D eigenvalue weighted by Gasteiger charge is 2.31. The molecule has 4 rings (SSSR count). The number of rotatable bonds is 4. The molecule has 0 unspecified atom stereocenters. The third-order valence-electron chi connectivity index (χ3n) is 4.89. The Morgan fingerprint density at radius 2 is 1.46 bits per heavy atom. The van der Waals surface area contributed by atoms with Crippen LogP contribution in [0.3, 0.4) is 0 Å². The lowest BCUT2D eigenvalue weighted by molar-refractivity contribution is -0.137. The summed E-state index contributed by atoms with van der Waals surface area (Å²) in [4.78, 5) is 0. The van der Waals surface area contributed by atoms with Gasteiger partial charge in [0.05, 0.1) is 17.9 Å². The van der Waals surface area contributed by atoms with Crippen LogP contribution in [0.1, 0.15) is 16.8 Å². The van der Waals surface area contributed by atoms with Gasteiger partial charge in [-0.3, -0.25) is 0 Å². The number of halogens is 3. The molecule has 142 valence electrons. The van der Waals surface area contributed by atoms with Crippen LogP contribution in [-0.2, 0) is 19.3 Å². The van der Waals surface area contributed by atoms with Gasteiger partial charge in [0.1, 0.15) is 0 Å². The SMILES string of the molecule is OCc1c(-c2ccccc2)c2cc(C(F)(F)F)ccc2n1Cc1ccccc1. The van der Waals surface area contributed by atoms with Gasteiger partial charge in [0.2, 0.25) is 0 Å². The van der Waals surface area contributed by atoms with E-state index in [1.165, 1.54) is 12.1 Å². The van der Waals surface area contributed by atoms with Crippen molar-refractivity contribution in [3.63, 3.8) is 0 Å². The Bertz CT molecular complexity index is 1100. The van der Waals surface area contributed by atoms with Gasteiger partial charge in [0.25, 0.3) is 0 Å². The molecule has 3 aromatic carbocycles. The highest BCUT2D eigenvalue weighted by molar-refractivity contribution is 5.98. The molecule has 0 amide bonds. The second-order valence-electron chi connectivity index (χ2n) is 6.65. The molecular weight excluding hydrogens is 363 g/mol. The van der Waals surface area contributed by atoms with Crippen LogP contribution in [0.15, 0.2) is 78.9 Å². The highest BCUT2D eigenvalue weighted by atomic mass is 19.4. The summed E-state index contributed by atoms with van der Waals surface area (Å²) < 4.78 is 41.9. The molecule has 0 spiro atoms. The van der Waals surface area contributed by atoms with E-state index in [4.69, 9.17) is 0 Å². The highest BCUT2D eigenvalue weighted by Crippen LogP contribution is 2.39. The molecule has 0 fully saturated rings. The maximum absolute atomic E-state index is 13.3. The van der Waals surface area contributed by atoms with E-state index in [9.17, 15) is 18.3 Å². The van der Waals surface area contributed by atoms with Crippen molar-refractivity contribution in [2.24, 2.45) is 0 Å². The van der Waals surface area contributed by atoms with Gasteiger partial charge in [-0.25, -0.2) is 0 Å². The Balaban J connectivity index is 2.01. The Hall–Kier alpha value is -3.05. The molecule has 0 saturated heterocycles. The van der Waals surface area contributed by atoms with Crippen LogP contribution in [0.25, 0.3) is 22.0 Å². The van der Waals surface area contributed by atoms with Crippen molar-refractivity contribution >= 4 is 10.9 Å². The summed E-state index contributed by atoms with van der Waals surface area (Å²) in [5.74, 6) is 0. The summed E-state index contributed by atoms with van der Waals surface area (Å²) in [7, 11) is 0. The van der Waals surface area contributed by atoms with Crippen LogP contribution >= 0.6 is 0 Å². The second kappa shape index (κ2) is 7.17. The zero-order chi connectivity index (χ0) is 19.7. The van der Waals surface area contributed by atoms with Crippen LogP contribution in [-0.4, -0.2) is 9.67 Å². The molecule has 1 heterocycles. The number of aromatic nitrogens is 1. The van der Waals surface area contributed by atoms with Crippen molar-refractivity contribution in [2.75, 3.05) is 0 Å². The van der Waals surface area contributed by atoms with Gasteiger partial charge in [-0.15, -0.1) is 0 Å². The van der Waals surface area contributed by atoms with Gasteiger partial charge in [0, 0.05) is 23.0 Å². The number of aliphatic hydroxyl groups excluding tert-OH is 1. The molecule has 5 heteroatoms. The molecule has 0 aliphatic carbocycles. The number of nitrogens with zero attached hydrogens (tertiary/aromatic N) is 1. The monoisotopic (exact) mass is 381 g/mol. The lowest BCUT2D eigenvalue weighted by Crippen LogP contribution is -2.06. The third-order valence-corrected chi connectivity index (χ3v) is 4.89. The minimum absolute atomic E-state index is 0.271. The topological polar surface area (TPSA) is 25.2 Å². The zero-order valence-corrected chi connectivity index (χ0v) is 14.9. The van der Waals surface area contributed by atoms with Gasteiger partial charge in [-0.1, -0.05) is 60.7 Å². The van der Waals surface area contributed by atoms with Crippen LogP contribution in [0.5, 0.6) is 0 Å². The maximum Gasteiger partial charge on any atom is 0.416 e. The van der Waals surface area contributed by atoms with Crippen LogP contribution < -0.4 is 0 Å². The van der Waals surface area contributed by atoms with Crippen molar-refractivity contribution < 1.29 is 18.3 Å². The first-order valence-corrected chi connectivity index (χ1v) is 8.91. The summed E-state index contributed by atoms with van der Waals surface area (Å²) >= 11 is 0. The minimum atomic E-state index is -4.43. The predicted octanol–water partition coefficient (Wildman–Crippen LogP) is 5.87. The van der Waals surface area contributed by atoms with E-state index >= 15 is 0 Å². The zero-order valence-electron chi connectivity index (χ0n) is 14.9.